The number of hydroxylamine groups is 1. The van der Waals surface area contributed by atoms with Gasteiger partial charge in [0, 0.05) is 32.2 Å². The second-order valence-electron chi connectivity index (χ2n) is 7.92. The summed E-state index contributed by atoms with van der Waals surface area (Å²) >= 11 is 0. The van der Waals surface area contributed by atoms with Crippen LogP contribution in [0, 0.1) is 5.82 Å². The van der Waals surface area contributed by atoms with E-state index in [2.05, 4.69) is 30.3 Å². The zero-order valence-corrected chi connectivity index (χ0v) is 20.0. The summed E-state index contributed by atoms with van der Waals surface area (Å²) in [6.07, 6.45) is -4.33. The van der Waals surface area contributed by atoms with Gasteiger partial charge in [0.15, 0.2) is 5.82 Å². The molecule has 2 heterocycles. The summed E-state index contributed by atoms with van der Waals surface area (Å²) in [6, 6.07) is 1.66. The predicted molar refractivity (Wildman–Crippen MR) is 124 cm³/mol. The monoisotopic (exact) mass is 514 g/mol. The lowest BCUT2D eigenvalue weighted by molar-refractivity contribution is -0.200. The van der Waals surface area contributed by atoms with Gasteiger partial charge in [-0.25, -0.2) is 19.0 Å². The van der Waals surface area contributed by atoms with Crippen molar-refractivity contribution < 1.29 is 32.0 Å². The number of halogens is 4. The average Bonchev–Trinajstić information content (AvgIpc) is 3.43. The van der Waals surface area contributed by atoms with Crippen LogP contribution < -0.4 is 10.4 Å². The van der Waals surface area contributed by atoms with Gasteiger partial charge < -0.3 is 24.9 Å². The van der Waals surface area contributed by atoms with Crippen molar-refractivity contribution in [2.75, 3.05) is 50.7 Å². The highest BCUT2D eigenvalue weighted by Crippen LogP contribution is 2.32. The molecule has 0 aliphatic carbocycles. The molecule has 0 unspecified atom stereocenters. The molecule has 3 N–H and O–H groups in total. The summed E-state index contributed by atoms with van der Waals surface area (Å²) < 4.78 is 53.4. The third-order valence-electron chi connectivity index (χ3n) is 5.13. The Hall–Kier alpha value is -3.88. The fourth-order valence-electron chi connectivity index (χ4n) is 3.25. The number of H-pyrrole nitrogens is 2. The molecule has 196 valence electrons. The number of rotatable bonds is 8. The van der Waals surface area contributed by atoms with Crippen molar-refractivity contribution >= 4 is 34.4 Å². The maximum atomic E-state index is 14.6. The Morgan fingerprint density at radius 2 is 1.86 bits per heavy atom. The van der Waals surface area contributed by atoms with Crippen molar-refractivity contribution in [3.8, 4) is 11.5 Å². The van der Waals surface area contributed by atoms with Crippen LogP contribution >= 0.6 is 0 Å². The van der Waals surface area contributed by atoms with Crippen LogP contribution in [0.3, 0.4) is 0 Å². The summed E-state index contributed by atoms with van der Waals surface area (Å²) in [6.45, 7) is 4.63. The van der Waals surface area contributed by atoms with Crippen LogP contribution in [0.1, 0.15) is 13.8 Å². The van der Waals surface area contributed by atoms with E-state index >= 15 is 0 Å². The number of carbonyl (C=O) groups excluding carboxylic acids is 2. The summed E-state index contributed by atoms with van der Waals surface area (Å²) in [5.41, 5.74) is 0.491. The Morgan fingerprint density at radius 3 is 2.47 bits per heavy atom. The Kier molecular flexibility index (Phi) is 8.02. The Bertz CT molecular complexity index is 1220. The van der Waals surface area contributed by atoms with E-state index in [1.54, 1.807) is 13.8 Å². The minimum atomic E-state index is -5.35. The molecule has 0 spiro atoms. The highest BCUT2D eigenvalue weighted by Gasteiger charge is 2.44. The molecule has 3 aromatic rings. The van der Waals surface area contributed by atoms with Crippen LogP contribution in [0.15, 0.2) is 18.3 Å². The fraction of sp³-hybridized carbons (Fsp3) is 0.429. The Balaban J connectivity index is 2.00. The smallest absolute Gasteiger partial charge is 0.381 e. The first-order chi connectivity index (χ1) is 17.0. The molecule has 36 heavy (non-hydrogen) atoms. The summed E-state index contributed by atoms with van der Waals surface area (Å²) in [7, 11) is 3.76. The maximum Gasteiger partial charge on any atom is 0.493 e. The standard InChI is InChI=1S/C21H26F4N8O3/c1-5-32(6-2)20(35)33(36-19(34)21(23,24)25)16-11-27-30-17(16)18-28-14-9-12(22)13(10-15(14)29-18)26-7-8-31(3)4/h9-11,26H,5-8H2,1-4H3,(H,27,30)(H,28,29). The number of likely N-dealkylation sites (N-methyl/N-ethyl adjacent to an activating group) is 1. The van der Waals surface area contributed by atoms with E-state index in [-0.39, 0.29) is 46.6 Å². The second-order valence-corrected chi connectivity index (χ2v) is 7.92. The lowest BCUT2D eigenvalue weighted by Gasteiger charge is -2.27. The van der Waals surface area contributed by atoms with E-state index in [1.165, 1.54) is 12.1 Å². The third kappa shape index (κ3) is 5.84. The van der Waals surface area contributed by atoms with E-state index in [1.807, 2.05) is 19.0 Å². The highest BCUT2D eigenvalue weighted by molar-refractivity contribution is 5.96. The van der Waals surface area contributed by atoms with E-state index in [4.69, 9.17) is 0 Å². The van der Waals surface area contributed by atoms with E-state index in [0.29, 0.717) is 18.6 Å². The normalized spacial score (nSPS) is 11.7. The molecule has 0 saturated heterocycles. The molecule has 1 aromatic carbocycles. The maximum absolute atomic E-state index is 14.6. The topological polar surface area (TPSA) is 122 Å². The van der Waals surface area contributed by atoms with Gasteiger partial charge in [-0.05, 0) is 34.0 Å². The molecule has 0 atom stereocenters. The zero-order chi connectivity index (χ0) is 26.6. The lowest BCUT2D eigenvalue weighted by Crippen LogP contribution is -2.46. The largest absolute Gasteiger partial charge is 0.493 e. The van der Waals surface area contributed by atoms with Crippen molar-refractivity contribution in [2.45, 2.75) is 20.0 Å². The van der Waals surface area contributed by atoms with E-state index in [9.17, 15) is 27.2 Å². The Labute approximate surface area is 203 Å². The van der Waals surface area contributed by atoms with Gasteiger partial charge in [0.05, 0.1) is 22.9 Å². The van der Waals surface area contributed by atoms with Crippen LogP contribution in [-0.4, -0.2) is 88.4 Å². The molecular formula is C21H26F4N8O3. The second kappa shape index (κ2) is 10.8. The number of urea groups is 1. The number of benzene rings is 1. The van der Waals surface area contributed by atoms with Crippen molar-refractivity contribution in [3.05, 3.63) is 24.1 Å². The molecule has 0 bridgehead atoms. The first-order valence-electron chi connectivity index (χ1n) is 11.0. The number of hydrogen-bond donors (Lipinski definition) is 3. The van der Waals surface area contributed by atoms with Gasteiger partial charge >= 0.3 is 18.2 Å². The zero-order valence-electron chi connectivity index (χ0n) is 20.0. The SMILES string of the molecule is CCN(CC)C(=O)N(OC(=O)C(F)(F)F)c1cn[nH]c1-c1nc2cc(NCCN(C)C)c(F)cc2[nH]1. The van der Waals surface area contributed by atoms with Crippen LogP contribution in [-0.2, 0) is 9.63 Å². The fourth-order valence-corrected chi connectivity index (χ4v) is 3.25. The van der Waals surface area contributed by atoms with Gasteiger partial charge in [0.25, 0.3) is 0 Å². The third-order valence-corrected chi connectivity index (χ3v) is 5.13. The molecule has 0 fully saturated rings. The number of carbonyl (C=O) groups is 2. The van der Waals surface area contributed by atoms with Crippen molar-refractivity contribution in [3.63, 3.8) is 0 Å². The molecular weight excluding hydrogens is 488 g/mol. The number of alkyl halides is 3. The van der Waals surface area contributed by atoms with Crippen molar-refractivity contribution in [1.82, 2.24) is 30.0 Å². The first kappa shape index (κ1) is 26.7. The van der Waals surface area contributed by atoms with E-state index in [0.717, 1.165) is 11.1 Å². The number of fused-ring (bicyclic) bond motifs is 1. The predicted octanol–water partition coefficient (Wildman–Crippen LogP) is 3.35. The summed E-state index contributed by atoms with van der Waals surface area (Å²) in [5.74, 6) is -3.10. The van der Waals surface area contributed by atoms with Gasteiger partial charge in [0.2, 0.25) is 0 Å². The van der Waals surface area contributed by atoms with E-state index < -0.39 is 24.0 Å². The number of aromatic amines is 2. The first-order valence-corrected chi connectivity index (χ1v) is 11.0. The number of anilines is 2. The van der Waals surface area contributed by atoms with Crippen LogP contribution in [0.5, 0.6) is 0 Å². The van der Waals surface area contributed by atoms with Crippen molar-refractivity contribution in [2.24, 2.45) is 0 Å². The van der Waals surface area contributed by atoms with Crippen LogP contribution in [0.2, 0.25) is 0 Å². The summed E-state index contributed by atoms with van der Waals surface area (Å²) in [5, 5.41) is 9.51. The number of amides is 2. The number of hydrogen-bond acceptors (Lipinski definition) is 7. The van der Waals surface area contributed by atoms with Crippen LogP contribution in [0.4, 0.5) is 33.7 Å². The van der Waals surface area contributed by atoms with Crippen LogP contribution in [0.25, 0.3) is 22.6 Å². The van der Waals surface area contributed by atoms with Gasteiger partial charge in [-0.2, -0.15) is 18.3 Å². The Morgan fingerprint density at radius 1 is 1.17 bits per heavy atom. The minimum absolute atomic E-state index is 0.0303. The molecule has 15 heteroatoms. The molecule has 2 amide bonds. The molecule has 0 radical (unpaired) electrons. The molecule has 0 aliphatic heterocycles. The molecule has 0 saturated carbocycles. The highest BCUT2D eigenvalue weighted by atomic mass is 19.4. The molecule has 3 rings (SSSR count). The van der Waals surface area contributed by atoms with Gasteiger partial charge in [-0.3, -0.25) is 5.10 Å². The number of aromatic nitrogens is 4. The molecule has 11 nitrogen and oxygen atoms in total. The number of nitrogens with zero attached hydrogens (tertiary/aromatic N) is 5. The quantitative estimate of drug-likeness (QED) is 0.311. The van der Waals surface area contributed by atoms with Gasteiger partial charge in [-0.15, -0.1) is 5.06 Å². The van der Waals surface area contributed by atoms with Gasteiger partial charge in [-0.1, -0.05) is 0 Å². The minimum Gasteiger partial charge on any atom is -0.381 e. The number of imidazole rings is 1. The van der Waals surface area contributed by atoms with Gasteiger partial charge in [0.1, 0.15) is 17.2 Å². The molecule has 2 aromatic heterocycles. The lowest BCUT2D eigenvalue weighted by atomic mass is 10.2. The number of nitrogens with one attached hydrogen (secondary N) is 3. The summed E-state index contributed by atoms with van der Waals surface area (Å²) in [4.78, 5) is 39.3. The molecule has 0 aliphatic rings. The van der Waals surface area contributed by atoms with Crippen molar-refractivity contribution in [1.29, 1.82) is 0 Å². The average molecular weight is 514 g/mol.